The molecule has 0 heterocycles. The number of rotatable bonds is 2. The van der Waals surface area contributed by atoms with Crippen molar-refractivity contribution in [1.82, 2.24) is 0 Å². The second-order valence-corrected chi connectivity index (χ2v) is 10.9. The number of aliphatic hydroxyl groups excluding tert-OH is 1. The molecule has 4 aliphatic rings. The van der Waals surface area contributed by atoms with Gasteiger partial charge in [0.1, 0.15) is 5.75 Å². The Balaban J connectivity index is 1.40. The molecule has 0 spiro atoms. The van der Waals surface area contributed by atoms with Crippen LogP contribution in [0.5, 0.6) is 5.75 Å². The SMILES string of the molecule is C[C@]12CC[C@H](O)CC1=CC[C@@H]1[C@@H]2CC[C@]2(C)C(=O)/C(=C/c3ccc(OC(F)(F)F)cc3)C[C@@H]12. The standard InChI is InChI=1S/C27H31F3O3/c1-25-11-9-19(31)15-18(25)5-8-21-22(25)10-12-26(2)23(21)14-17(24(26)32)13-16-3-6-20(7-4-16)33-27(28,29)30/h3-7,13,19,21-23,31H,8-12,14-15H2,1-2H3/b17-13+/t19-,21+,22-,23-,25-,26-/m0/s1. The predicted molar refractivity (Wildman–Crippen MR) is 119 cm³/mol. The summed E-state index contributed by atoms with van der Waals surface area (Å²) in [6.07, 6.45) is 5.47. The molecule has 6 atom stereocenters. The molecule has 3 saturated carbocycles. The largest absolute Gasteiger partial charge is 0.573 e. The van der Waals surface area contributed by atoms with E-state index in [0.29, 0.717) is 17.4 Å². The number of carbonyl (C=O) groups is 1. The van der Waals surface area contributed by atoms with E-state index in [-0.39, 0.29) is 34.4 Å². The molecule has 0 radical (unpaired) electrons. The lowest BCUT2D eigenvalue weighted by Crippen LogP contribution is -2.50. The van der Waals surface area contributed by atoms with Crippen LogP contribution in [-0.4, -0.2) is 23.4 Å². The van der Waals surface area contributed by atoms with Crippen LogP contribution in [0.25, 0.3) is 6.08 Å². The minimum absolute atomic E-state index is 0.118. The molecule has 0 unspecified atom stereocenters. The van der Waals surface area contributed by atoms with Gasteiger partial charge in [-0.25, -0.2) is 0 Å². The fourth-order valence-corrected chi connectivity index (χ4v) is 7.41. The highest BCUT2D eigenvalue weighted by atomic mass is 19.4. The van der Waals surface area contributed by atoms with Crippen molar-refractivity contribution in [2.24, 2.45) is 28.6 Å². The Hall–Kier alpha value is -2.08. The number of ketones is 1. The normalized spacial score (nSPS) is 39.5. The van der Waals surface area contributed by atoms with Crippen LogP contribution < -0.4 is 4.74 Å². The highest BCUT2D eigenvalue weighted by Crippen LogP contribution is 2.64. The summed E-state index contributed by atoms with van der Waals surface area (Å²) in [5.74, 6) is 1.20. The quantitative estimate of drug-likeness (QED) is 0.406. The van der Waals surface area contributed by atoms with Crippen molar-refractivity contribution in [1.29, 1.82) is 0 Å². The second-order valence-electron chi connectivity index (χ2n) is 10.9. The Morgan fingerprint density at radius 3 is 2.42 bits per heavy atom. The zero-order valence-electron chi connectivity index (χ0n) is 19.1. The molecule has 33 heavy (non-hydrogen) atoms. The van der Waals surface area contributed by atoms with E-state index in [1.54, 1.807) is 12.1 Å². The van der Waals surface area contributed by atoms with E-state index in [4.69, 9.17) is 0 Å². The van der Waals surface area contributed by atoms with E-state index < -0.39 is 6.36 Å². The lowest BCUT2D eigenvalue weighted by Gasteiger charge is -2.56. The average Bonchev–Trinajstić information content (AvgIpc) is 2.99. The predicted octanol–water partition coefficient (Wildman–Crippen LogP) is 6.47. The Bertz CT molecular complexity index is 1010. The molecular weight excluding hydrogens is 429 g/mol. The number of hydrogen-bond acceptors (Lipinski definition) is 3. The van der Waals surface area contributed by atoms with Gasteiger partial charge in [-0.3, -0.25) is 4.79 Å². The summed E-state index contributed by atoms with van der Waals surface area (Å²) in [4.78, 5) is 13.5. The molecule has 3 nitrogen and oxygen atoms in total. The Morgan fingerprint density at radius 2 is 1.73 bits per heavy atom. The lowest BCUT2D eigenvalue weighted by atomic mass is 9.48. The van der Waals surface area contributed by atoms with Gasteiger partial charge >= 0.3 is 6.36 Å². The number of allylic oxidation sites excluding steroid dienone is 2. The molecule has 0 saturated heterocycles. The Labute approximate surface area is 192 Å². The number of benzene rings is 1. The number of hydrogen-bond donors (Lipinski definition) is 1. The minimum Gasteiger partial charge on any atom is -0.406 e. The maximum Gasteiger partial charge on any atom is 0.573 e. The van der Waals surface area contributed by atoms with E-state index in [1.165, 1.54) is 17.7 Å². The molecule has 1 aromatic rings. The van der Waals surface area contributed by atoms with Crippen LogP contribution in [0.3, 0.4) is 0 Å². The van der Waals surface area contributed by atoms with Crippen LogP contribution in [0.15, 0.2) is 41.5 Å². The summed E-state index contributed by atoms with van der Waals surface area (Å²) in [5, 5.41) is 10.2. The van der Waals surface area contributed by atoms with E-state index in [0.717, 1.165) is 50.5 Å². The van der Waals surface area contributed by atoms with E-state index in [2.05, 4.69) is 24.7 Å². The van der Waals surface area contributed by atoms with Crippen LogP contribution in [0.4, 0.5) is 13.2 Å². The third-order valence-corrected chi connectivity index (χ3v) is 9.17. The molecule has 0 amide bonds. The molecular formula is C27H31F3O3. The average molecular weight is 461 g/mol. The van der Waals surface area contributed by atoms with Crippen molar-refractivity contribution in [2.45, 2.75) is 71.3 Å². The summed E-state index contributed by atoms with van der Waals surface area (Å²) in [5.41, 5.74) is 2.65. The van der Waals surface area contributed by atoms with Crippen LogP contribution in [-0.2, 0) is 4.79 Å². The van der Waals surface area contributed by atoms with E-state index >= 15 is 0 Å². The van der Waals surface area contributed by atoms with Gasteiger partial charge in [-0.1, -0.05) is 37.6 Å². The van der Waals surface area contributed by atoms with Gasteiger partial charge in [0, 0.05) is 5.41 Å². The Kier molecular flexibility index (Phi) is 5.31. The van der Waals surface area contributed by atoms with Gasteiger partial charge in [0.15, 0.2) is 5.78 Å². The van der Waals surface area contributed by atoms with Gasteiger partial charge in [-0.2, -0.15) is 0 Å². The van der Waals surface area contributed by atoms with Gasteiger partial charge in [-0.05, 0) is 97.5 Å². The van der Waals surface area contributed by atoms with Gasteiger partial charge in [-0.15, -0.1) is 13.2 Å². The summed E-state index contributed by atoms with van der Waals surface area (Å²) in [6.45, 7) is 4.48. The number of carbonyl (C=O) groups excluding carboxylic acids is 1. The topological polar surface area (TPSA) is 46.5 Å². The monoisotopic (exact) mass is 460 g/mol. The fourth-order valence-electron chi connectivity index (χ4n) is 7.41. The highest BCUT2D eigenvalue weighted by Gasteiger charge is 2.59. The van der Waals surface area contributed by atoms with Crippen molar-refractivity contribution >= 4 is 11.9 Å². The number of alkyl halides is 3. The van der Waals surface area contributed by atoms with Crippen molar-refractivity contribution in [2.75, 3.05) is 0 Å². The number of ether oxygens (including phenoxy) is 1. The van der Waals surface area contributed by atoms with Crippen molar-refractivity contribution < 1.29 is 27.8 Å². The smallest absolute Gasteiger partial charge is 0.406 e. The third-order valence-electron chi connectivity index (χ3n) is 9.17. The van der Waals surface area contributed by atoms with Crippen LogP contribution in [0.2, 0.25) is 0 Å². The van der Waals surface area contributed by atoms with Gasteiger partial charge in [0.25, 0.3) is 0 Å². The highest BCUT2D eigenvalue weighted by molar-refractivity contribution is 6.05. The van der Waals surface area contributed by atoms with Gasteiger partial charge in [0.2, 0.25) is 0 Å². The Morgan fingerprint density at radius 1 is 1.03 bits per heavy atom. The maximum absolute atomic E-state index is 13.5. The fraction of sp³-hybridized carbons (Fsp3) is 0.593. The van der Waals surface area contributed by atoms with Crippen molar-refractivity contribution in [3.05, 3.63) is 47.1 Å². The molecule has 4 aliphatic carbocycles. The molecule has 3 fully saturated rings. The zero-order valence-corrected chi connectivity index (χ0v) is 19.1. The van der Waals surface area contributed by atoms with Gasteiger partial charge < -0.3 is 9.84 Å². The summed E-state index contributed by atoms with van der Waals surface area (Å²) < 4.78 is 41.2. The molecule has 5 rings (SSSR count). The molecule has 0 aromatic heterocycles. The molecule has 0 aliphatic heterocycles. The van der Waals surface area contributed by atoms with Crippen molar-refractivity contribution in [3.8, 4) is 5.75 Å². The first-order valence-corrected chi connectivity index (χ1v) is 12.0. The molecule has 1 N–H and O–H groups in total. The first-order valence-electron chi connectivity index (χ1n) is 12.0. The number of Topliss-reactive ketones (excluding diaryl/α,β-unsaturated/α-hetero) is 1. The molecule has 0 bridgehead atoms. The molecule has 6 heteroatoms. The molecule has 1 aromatic carbocycles. The second kappa shape index (κ2) is 7.72. The summed E-state index contributed by atoms with van der Waals surface area (Å²) >= 11 is 0. The van der Waals surface area contributed by atoms with Gasteiger partial charge in [0.05, 0.1) is 6.10 Å². The van der Waals surface area contributed by atoms with Crippen LogP contribution in [0.1, 0.15) is 64.4 Å². The first-order chi connectivity index (χ1) is 15.5. The number of fused-ring (bicyclic) bond motifs is 5. The van der Waals surface area contributed by atoms with E-state index in [1.807, 2.05) is 6.08 Å². The van der Waals surface area contributed by atoms with Crippen LogP contribution in [0, 0.1) is 28.6 Å². The number of halogens is 3. The summed E-state index contributed by atoms with van der Waals surface area (Å²) in [7, 11) is 0. The zero-order chi connectivity index (χ0) is 23.6. The van der Waals surface area contributed by atoms with Crippen LogP contribution >= 0.6 is 0 Å². The lowest BCUT2D eigenvalue weighted by molar-refractivity contribution is -0.274. The summed E-state index contributed by atoms with van der Waals surface area (Å²) in [6, 6.07) is 5.71. The van der Waals surface area contributed by atoms with E-state index in [9.17, 15) is 23.1 Å². The maximum atomic E-state index is 13.5. The first kappa shape index (κ1) is 22.7. The molecule has 178 valence electrons. The third kappa shape index (κ3) is 3.84. The van der Waals surface area contributed by atoms with Crippen molar-refractivity contribution in [3.63, 3.8) is 0 Å². The number of aliphatic hydroxyl groups is 1. The minimum atomic E-state index is -4.72.